The molecular weight excluding hydrogens is 238 g/mol. The van der Waals surface area contributed by atoms with E-state index in [9.17, 15) is 5.11 Å². The second-order valence-electron chi connectivity index (χ2n) is 3.63. The van der Waals surface area contributed by atoms with E-state index in [1.165, 1.54) is 0 Å². The van der Waals surface area contributed by atoms with E-state index in [1.54, 1.807) is 0 Å². The molecule has 2 saturated carbocycles. The van der Waals surface area contributed by atoms with Gasteiger partial charge in [0.05, 0.1) is 14.0 Å². The van der Waals surface area contributed by atoms with Gasteiger partial charge in [-0.15, -0.1) is 0 Å². The molecular formula is C7H10BIO. The Balaban J connectivity index is 2.10. The molecule has 0 aliphatic heterocycles. The van der Waals surface area contributed by atoms with Gasteiger partial charge in [0.1, 0.15) is 0 Å². The van der Waals surface area contributed by atoms with Crippen LogP contribution in [0.15, 0.2) is 0 Å². The standard InChI is InChI=1S/C7H10BIO/c8-7-1-5(7)4(3-9)6(10)2-7/h4-6,10H,1-3H2/t4-,5?,6?,7+/m0/s1. The molecule has 1 N–H and O–H groups in total. The van der Waals surface area contributed by atoms with Crippen LogP contribution in [0.25, 0.3) is 0 Å². The van der Waals surface area contributed by atoms with Crippen LogP contribution in [0.5, 0.6) is 0 Å². The highest BCUT2D eigenvalue weighted by Gasteiger charge is 2.60. The first-order valence-electron chi connectivity index (χ1n) is 3.70. The Labute approximate surface area is 76.1 Å². The van der Waals surface area contributed by atoms with Gasteiger partial charge in [-0.3, -0.25) is 0 Å². The number of halogens is 1. The van der Waals surface area contributed by atoms with Gasteiger partial charge in [-0.05, 0) is 18.3 Å². The Kier molecular flexibility index (Phi) is 1.57. The van der Waals surface area contributed by atoms with Gasteiger partial charge in [0.25, 0.3) is 0 Å². The summed E-state index contributed by atoms with van der Waals surface area (Å²) in [5, 5.41) is 9.52. The SMILES string of the molecule is [B][C@]12CC(O)[C@@H](CI)C1C2. The van der Waals surface area contributed by atoms with Gasteiger partial charge in [0.2, 0.25) is 0 Å². The van der Waals surface area contributed by atoms with Crippen molar-refractivity contribution in [1.82, 2.24) is 0 Å². The summed E-state index contributed by atoms with van der Waals surface area (Å²) in [7, 11) is 5.94. The summed E-state index contributed by atoms with van der Waals surface area (Å²) in [5.41, 5.74) is 0. The van der Waals surface area contributed by atoms with Crippen LogP contribution in [-0.4, -0.2) is 23.5 Å². The maximum atomic E-state index is 9.47. The molecule has 0 spiro atoms. The molecule has 1 nitrogen and oxygen atoms in total. The predicted octanol–water partition coefficient (Wildman–Crippen LogP) is 1.15. The van der Waals surface area contributed by atoms with Crippen LogP contribution < -0.4 is 0 Å². The lowest BCUT2D eigenvalue weighted by molar-refractivity contribution is 0.127. The van der Waals surface area contributed by atoms with Crippen LogP contribution in [0.1, 0.15) is 12.8 Å². The van der Waals surface area contributed by atoms with Crippen LogP contribution in [0, 0.1) is 11.8 Å². The molecule has 2 aliphatic rings. The highest BCUT2D eigenvalue weighted by Crippen LogP contribution is 2.70. The Morgan fingerprint density at radius 3 is 2.60 bits per heavy atom. The predicted molar refractivity (Wildman–Crippen MR) is 49.6 cm³/mol. The summed E-state index contributed by atoms with van der Waals surface area (Å²) in [6, 6.07) is 0. The largest absolute Gasteiger partial charge is 0.393 e. The molecule has 2 fully saturated rings. The summed E-state index contributed by atoms with van der Waals surface area (Å²) >= 11 is 2.34. The van der Waals surface area contributed by atoms with Crippen molar-refractivity contribution in [1.29, 1.82) is 0 Å². The van der Waals surface area contributed by atoms with Crippen molar-refractivity contribution in [3.63, 3.8) is 0 Å². The maximum absolute atomic E-state index is 9.47. The number of aliphatic hydroxyl groups is 1. The van der Waals surface area contributed by atoms with Crippen molar-refractivity contribution in [2.75, 3.05) is 4.43 Å². The van der Waals surface area contributed by atoms with Crippen LogP contribution in [0.4, 0.5) is 0 Å². The quantitative estimate of drug-likeness (QED) is 0.419. The fraction of sp³-hybridized carbons (Fsp3) is 1.00. The highest BCUT2D eigenvalue weighted by atomic mass is 127. The van der Waals surface area contributed by atoms with E-state index in [2.05, 4.69) is 22.6 Å². The van der Waals surface area contributed by atoms with Crippen molar-refractivity contribution in [2.45, 2.75) is 24.3 Å². The first-order chi connectivity index (χ1) is 4.67. The second kappa shape index (κ2) is 2.13. The molecule has 2 unspecified atom stereocenters. The van der Waals surface area contributed by atoms with Gasteiger partial charge in [0, 0.05) is 4.43 Å². The average molecular weight is 248 g/mol. The molecule has 0 amide bonds. The average Bonchev–Trinajstić information content (AvgIpc) is 2.38. The lowest BCUT2D eigenvalue weighted by Crippen LogP contribution is -2.18. The zero-order valence-electron chi connectivity index (χ0n) is 5.76. The number of rotatable bonds is 1. The maximum Gasteiger partial charge on any atom is 0.0751 e. The van der Waals surface area contributed by atoms with Crippen LogP contribution in [0.2, 0.25) is 5.31 Å². The lowest BCUT2D eigenvalue weighted by atomic mass is 9.81. The molecule has 0 heterocycles. The molecule has 0 aromatic heterocycles. The van der Waals surface area contributed by atoms with Gasteiger partial charge >= 0.3 is 0 Å². The van der Waals surface area contributed by atoms with E-state index in [0.717, 1.165) is 17.3 Å². The Morgan fingerprint density at radius 2 is 2.30 bits per heavy atom. The second-order valence-corrected chi connectivity index (χ2v) is 4.51. The third-order valence-corrected chi connectivity index (χ3v) is 3.97. The van der Waals surface area contributed by atoms with E-state index in [-0.39, 0.29) is 11.4 Å². The van der Waals surface area contributed by atoms with Crippen molar-refractivity contribution >= 4 is 30.4 Å². The third-order valence-electron chi connectivity index (χ3n) is 2.96. The van der Waals surface area contributed by atoms with E-state index in [0.29, 0.717) is 11.8 Å². The molecule has 2 aliphatic carbocycles. The van der Waals surface area contributed by atoms with Gasteiger partial charge in [-0.1, -0.05) is 34.3 Å². The summed E-state index contributed by atoms with van der Waals surface area (Å²) in [4.78, 5) is 0. The summed E-state index contributed by atoms with van der Waals surface area (Å²) in [6.45, 7) is 0. The smallest absolute Gasteiger partial charge is 0.0751 e. The minimum Gasteiger partial charge on any atom is -0.393 e. The first kappa shape index (κ1) is 7.41. The minimum atomic E-state index is -0.111. The Morgan fingerprint density at radius 1 is 1.60 bits per heavy atom. The molecule has 0 bridgehead atoms. The molecule has 2 radical (unpaired) electrons. The zero-order valence-corrected chi connectivity index (χ0v) is 7.91. The van der Waals surface area contributed by atoms with Gasteiger partial charge in [-0.25, -0.2) is 0 Å². The molecule has 0 aromatic carbocycles. The molecule has 10 heavy (non-hydrogen) atoms. The van der Waals surface area contributed by atoms with E-state index >= 15 is 0 Å². The van der Waals surface area contributed by atoms with Crippen LogP contribution in [0.3, 0.4) is 0 Å². The van der Waals surface area contributed by atoms with E-state index in [1.807, 2.05) is 0 Å². The van der Waals surface area contributed by atoms with Gasteiger partial charge < -0.3 is 5.11 Å². The van der Waals surface area contributed by atoms with Crippen molar-refractivity contribution < 1.29 is 5.11 Å². The van der Waals surface area contributed by atoms with Crippen molar-refractivity contribution in [3.8, 4) is 0 Å². The number of hydrogen-bond donors (Lipinski definition) is 1. The number of hydrogen-bond acceptors (Lipinski definition) is 1. The lowest BCUT2D eigenvalue weighted by Gasteiger charge is -2.13. The molecule has 54 valence electrons. The molecule has 4 atom stereocenters. The molecule has 0 aromatic rings. The monoisotopic (exact) mass is 248 g/mol. The van der Waals surface area contributed by atoms with E-state index in [4.69, 9.17) is 7.85 Å². The summed E-state index contributed by atoms with van der Waals surface area (Å²) in [5.74, 6) is 1.13. The zero-order chi connectivity index (χ0) is 7.35. The number of alkyl halides is 1. The van der Waals surface area contributed by atoms with Gasteiger partial charge in [0.15, 0.2) is 0 Å². The van der Waals surface area contributed by atoms with Crippen LogP contribution in [-0.2, 0) is 0 Å². The Hall–Kier alpha value is 0.755. The van der Waals surface area contributed by atoms with Gasteiger partial charge in [-0.2, -0.15) is 0 Å². The fourth-order valence-electron chi connectivity index (χ4n) is 2.18. The fourth-order valence-corrected chi connectivity index (χ4v) is 3.38. The molecule has 2 rings (SSSR count). The first-order valence-corrected chi connectivity index (χ1v) is 5.23. The highest BCUT2D eigenvalue weighted by molar-refractivity contribution is 14.1. The Bertz CT molecular complexity index is 164. The summed E-state index contributed by atoms with van der Waals surface area (Å²) < 4.78 is 1.06. The van der Waals surface area contributed by atoms with Crippen LogP contribution >= 0.6 is 22.6 Å². The third kappa shape index (κ3) is 0.859. The molecule has 3 heteroatoms. The minimum absolute atomic E-state index is 0.0508. The number of fused-ring (bicyclic) bond motifs is 1. The van der Waals surface area contributed by atoms with E-state index < -0.39 is 0 Å². The topological polar surface area (TPSA) is 20.2 Å². The number of aliphatic hydroxyl groups excluding tert-OH is 1. The van der Waals surface area contributed by atoms with Crippen molar-refractivity contribution in [2.24, 2.45) is 11.8 Å². The van der Waals surface area contributed by atoms with Crippen molar-refractivity contribution in [3.05, 3.63) is 0 Å². The molecule has 0 saturated heterocycles. The normalized spacial score (nSPS) is 58.4. The summed E-state index contributed by atoms with van der Waals surface area (Å²) in [6.07, 6.45) is 1.88.